The second-order valence-corrected chi connectivity index (χ2v) is 8.90. The molecule has 1 heterocycles. The number of rotatable bonds is 8. The van der Waals surface area contributed by atoms with E-state index in [0.717, 1.165) is 36.9 Å². The van der Waals surface area contributed by atoms with Crippen LogP contribution in [0.1, 0.15) is 42.7 Å². The minimum absolute atomic E-state index is 0.547. The summed E-state index contributed by atoms with van der Waals surface area (Å²) < 4.78 is 5.88. The van der Waals surface area contributed by atoms with Gasteiger partial charge in [-0.3, -0.25) is 4.98 Å². The molecule has 1 aromatic heterocycles. The molecule has 2 aromatic carbocycles. The maximum atomic E-state index is 5.88. The van der Waals surface area contributed by atoms with Crippen LogP contribution >= 0.6 is 0 Å². The van der Waals surface area contributed by atoms with E-state index in [1.807, 2.05) is 18.5 Å². The Bertz CT molecular complexity index is 999. The first-order valence-electron chi connectivity index (χ1n) is 11.5. The molecule has 0 bridgehead atoms. The SMILES string of the molecule is CN(c1ccc(OCC2CC2)cc1)c1ccc2c(c1)CCC[C@H]2CNc1cccnc1. The molecule has 0 amide bonds. The molecule has 2 aliphatic carbocycles. The topological polar surface area (TPSA) is 37.4 Å². The number of aromatic nitrogens is 1. The average Bonchev–Trinajstić information content (AvgIpc) is 3.66. The van der Waals surface area contributed by atoms with Gasteiger partial charge in [0.2, 0.25) is 0 Å². The van der Waals surface area contributed by atoms with E-state index in [4.69, 9.17) is 4.74 Å². The molecule has 0 unspecified atom stereocenters. The number of nitrogens with zero attached hydrogens (tertiary/aromatic N) is 2. The molecule has 5 rings (SSSR count). The van der Waals surface area contributed by atoms with Gasteiger partial charge in [-0.2, -0.15) is 0 Å². The largest absolute Gasteiger partial charge is 0.493 e. The van der Waals surface area contributed by atoms with Crippen LogP contribution in [0.2, 0.25) is 0 Å². The Balaban J connectivity index is 1.26. The fourth-order valence-corrected chi connectivity index (χ4v) is 4.44. The second kappa shape index (κ2) is 9.01. The number of benzene rings is 2. The number of hydrogen-bond acceptors (Lipinski definition) is 4. The highest BCUT2D eigenvalue weighted by Gasteiger charge is 2.22. The van der Waals surface area contributed by atoms with Crippen LogP contribution in [0, 0.1) is 5.92 Å². The number of hydrogen-bond donors (Lipinski definition) is 1. The highest BCUT2D eigenvalue weighted by molar-refractivity contribution is 5.64. The summed E-state index contributed by atoms with van der Waals surface area (Å²) in [6, 6.07) is 19.5. The summed E-state index contributed by atoms with van der Waals surface area (Å²) in [5, 5.41) is 3.56. The number of anilines is 3. The zero-order chi connectivity index (χ0) is 21.0. The molecule has 0 spiro atoms. The van der Waals surface area contributed by atoms with Gasteiger partial charge in [-0.05, 0) is 97.7 Å². The van der Waals surface area contributed by atoms with E-state index < -0.39 is 0 Å². The Morgan fingerprint density at radius 2 is 1.87 bits per heavy atom. The fourth-order valence-electron chi connectivity index (χ4n) is 4.44. The maximum Gasteiger partial charge on any atom is 0.119 e. The number of fused-ring (bicyclic) bond motifs is 1. The van der Waals surface area contributed by atoms with E-state index in [2.05, 4.69) is 70.8 Å². The third-order valence-electron chi connectivity index (χ3n) is 6.57. The van der Waals surface area contributed by atoms with Crippen molar-refractivity contribution in [1.29, 1.82) is 0 Å². The molecule has 31 heavy (non-hydrogen) atoms. The summed E-state index contributed by atoms with van der Waals surface area (Å²) in [4.78, 5) is 6.47. The van der Waals surface area contributed by atoms with Crippen LogP contribution in [0.4, 0.5) is 17.1 Å². The zero-order valence-electron chi connectivity index (χ0n) is 18.3. The van der Waals surface area contributed by atoms with Crippen molar-refractivity contribution in [1.82, 2.24) is 4.98 Å². The Morgan fingerprint density at radius 3 is 2.65 bits per heavy atom. The van der Waals surface area contributed by atoms with Gasteiger partial charge < -0.3 is 15.0 Å². The summed E-state index contributed by atoms with van der Waals surface area (Å²) in [5.74, 6) is 2.30. The minimum atomic E-state index is 0.547. The summed E-state index contributed by atoms with van der Waals surface area (Å²) >= 11 is 0. The van der Waals surface area contributed by atoms with Crippen molar-refractivity contribution in [2.45, 2.75) is 38.0 Å². The highest BCUT2D eigenvalue weighted by Crippen LogP contribution is 2.36. The summed E-state index contributed by atoms with van der Waals surface area (Å²) in [6.07, 6.45) is 9.98. The molecular weight excluding hydrogens is 382 g/mol. The summed E-state index contributed by atoms with van der Waals surface area (Å²) in [6.45, 7) is 1.81. The van der Waals surface area contributed by atoms with E-state index >= 15 is 0 Å². The van der Waals surface area contributed by atoms with Crippen LogP contribution in [0.15, 0.2) is 67.0 Å². The van der Waals surface area contributed by atoms with Gasteiger partial charge in [-0.15, -0.1) is 0 Å². The van der Waals surface area contributed by atoms with Crippen molar-refractivity contribution in [2.24, 2.45) is 5.92 Å². The number of aryl methyl sites for hydroxylation is 1. The first-order chi connectivity index (χ1) is 15.3. The predicted octanol–water partition coefficient (Wildman–Crippen LogP) is 6.17. The van der Waals surface area contributed by atoms with E-state index in [1.165, 1.54) is 48.2 Å². The smallest absolute Gasteiger partial charge is 0.119 e. The lowest BCUT2D eigenvalue weighted by atomic mass is 9.82. The van der Waals surface area contributed by atoms with Crippen LogP contribution in [-0.4, -0.2) is 25.2 Å². The molecule has 160 valence electrons. The molecule has 2 aliphatic rings. The molecular formula is C27H31N3O. The molecule has 4 nitrogen and oxygen atoms in total. The van der Waals surface area contributed by atoms with Gasteiger partial charge >= 0.3 is 0 Å². The van der Waals surface area contributed by atoms with Gasteiger partial charge in [0.25, 0.3) is 0 Å². The molecule has 1 N–H and O–H groups in total. The lowest BCUT2D eigenvalue weighted by Gasteiger charge is -2.28. The lowest BCUT2D eigenvalue weighted by Crippen LogP contribution is -2.19. The lowest BCUT2D eigenvalue weighted by molar-refractivity contribution is 0.300. The average molecular weight is 414 g/mol. The maximum absolute atomic E-state index is 5.88. The van der Waals surface area contributed by atoms with Crippen molar-refractivity contribution < 1.29 is 4.74 Å². The van der Waals surface area contributed by atoms with Crippen molar-refractivity contribution in [2.75, 3.05) is 30.4 Å². The third kappa shape index (κ3) is 4.84. The van der Waals surface area contributed by atoms with Crippen LogP contribution in [0.3, 0.4) is 0 Å². The molecule has 0 aliphatic heterocycles. The first-order valence-corrected chi connectivity index (χ1v) is 11.5. The molecule has 0 saturated heterocycles. The number of pyridine rings is 1. The quantitative estimate of drug-likeness (QED) is 0.479. The van der Waals surface area contributed by atoms with Crippen LogP contribution in [0.5, 0.6) is 5.75 Å². The van der Waals surface area contributed by atoms with Gasteiger partial charge in [0.05, 0.1) is 12.3 Å². The Kier molecular flexibility index (Phi) is 5.79. The summed E-state index contributed by atoms with van der Waals surface area (Å²) in [5.41, 5.74) is 6.49. The van der Waals surface area contributed by atoms with Crippen LogP contribution in [-0.2, 0) is 6.42 Å². The second-order valence-electron chi connectivity index (χ2n) is 8.90. The molecule has 1 atom stereocenters. The van der Waals surface area contributed by atoms with Crippen molar-refractivity contribution in [3.8, 4) is 5.75 Å². The molecule has 1 saturated carbocycles. The number of nitrogens with one attached hydrogen (secondary N) is 1. The molecule has 0 radical (unpaired) electrons. The van der Waals surface area contributed by atoms with Crippen molar-refractivity contribution in [3.63, 3.8) is 0 Å². The van der Waals surface area contributed by atoms with Crippen LogP contribution < -0.4 is 15.0 Å². The molecule has 4 heteroatoms. The van der Waals surface area contributed by atoms with E-state index in [9.17, 15) is 0 Å². The Morgan fingerprint density at radius 1 is 1.03 bits per heavy atom. The van der Waals surface area contributed by atoms with Gasteiger partial charge in [-0.25, -0.2) is 0 Å². The van der Waals surface area contributed by atoms with Gasteiger partial charge in [0.1, 0.15) is 5.75 Å². The molecule has 1 fully saturated rings. The third-order valence-corrected chi connectivity index (χ3v) is 6.57. The van der Waals surface area contributed by atoms with E-state index in [0.29, 0.717) is 5.92 Å². The zero-order valence-corrected chi connectivity index (χ0v) is 18.3. The van der Waals surface area contributed by atoms with Crippen LogP contribution in [0.25, 0.3) is 0 Å². The standard InChI is InChI=1S/C27H31N3O/c1-30(24-9-12-26(13-10-24)31-19-20-7-8-20)25-11-14-27-21(16-25)4-2-5-22(27)17-29-23-6-3-15-28-18-23/h3,6,9-16,18,20,22,29H,2,4-5,7-8,17,19H2,1H3/t22-/m0/s1. The van der Waals surface area contributed by atoms with E-state index in [1.54, 1.807) is 0 Å². The van der Waals surface area contributed by atoms with Gasteiger partial charge in [0, 0.05) is 43.3 Å². The van der Waals surface area contributed by atoms with E-state index in [-0.39, 0.29) is 0 Å². The summed E-state index contributed by atoms with van der Waals surface area (Å²) in [7, 11) is 2.14. The first kappa shape index (κ1) is 19.9. The van der Waals surface area contributed by atoms with Crippen molar-refractivity contribution in [3.05, 3.63) is 78.1 Å². The normalized spacial score (nSPS) is 17.6. The monoisotopic (exact) mass is 413 g/mol. The Hall–Kier alpha value is -3.01. The van der Waals surface area contributed by atoms with Gasteiger partial charge in [0.15, 0.2) is 0 Å². The predicted molar refractivity (Wildman–Crippen MR) is 128 cm³/mol. The van der Waals surface area contributed by atoms with Gasteiger partial charge in [-0.1, -0.05) is 6.07 Å². The van der Waals surface area contributed by atoms with Crippen molar-refractivity contribution >= 4 is 17.1 Å². The minimum Gasteiger partial charge on any atom is -0.493 e. The molecule has 3 aromatic rings. The Labute approximate surface area is 185 Å². The number of ether oxygens (including phenoxy) is 1. The highest BCUT2D eigenvalue weighted by atomic mass is 16.5. The fraction of sp³-hybridized carbons (Fsp3) is 0.370.